The molecule has 0 radical (unpaired) electrons. The van der Waals surface area contributed by atoms with Crippen molar-refractivity contribution in [1.82, 2.24) is 20.0 Å². The van der Waals surface area contributed by atoms with Gasteiger partial charge in [0.15, 0.2) is 0 Å². The van der Waals surface area contributed by atoms with E-state index in [0.29, 0.717) is 12.1 Å². The van der Waals surface area contributed by atoms with Crippen LogP contribution in [0.5, 0.6) is 0 Å². The smallest absolute Gasteiger partial charge is 0.318 e. The van der Waals surface area contributed by atoms with Crippen LogP contribution in [-0.4, -0.2) is 26.8 Å². The number of hydrogen-bond donors (Lipinski definition) is 1. The Hall–Kier alpha value is -2.24. The van der Waals surface area contributed by atoms with Gasteiger partial charge in [-0.25, -0.2) is 4.79 Å². The standard InChI is InChI=1S/C18H26N4O2/c1-12(2)21-11-15(10-19-21)13(3)20-18(23)22(16-7-8-16)14(4)17-6-5-9-24-17/h5-6,9-14,16H,7-8H2,1-4H3,(H,20,23)/t13-,14+/m1/s1. The van der Waals surface area contributed by atoms with Crippen molar-refractivity contribution in [2.75, 3.05) is 0 Å². The topological polar surface area (TPSA) is 63.3 Å². The Labute approximate surface area is 142 Å². The van der Waals surface area contributed by atoms with Gasteiger partial charge >= 0.3 is 6.03 Å². The third kappa shape index (κ3) is 3.47. The molecule has 3 rings (SSSR count). The molecule has 2 heterocycles. The van der Waals surface area contributed by atoms with Crippen LogP contribution < -0.4 is 5.32 Å². The number of urea groups is 1. The van der Waals surface area contributed by atoms with Crippen LogP contribution in [0.1, 0.15) is 70.0 Å². The normalized spacial score (nSPS) is 16.9. The summed E-state index contributed by atoms with van der Waals surface area (Å²) in [7, 11) is 0. The summed E-state index contributed by atoms with van der Waals surface area (Å²) >= 11 is 0. The summed E-state index contributed by atoms with van der Waals surface area (Å²) in [6.45, 7) is 8.17. The molecule has 0 aliphatic heterocycles. The predicted molar refractivity (Wildman–Crippen MR) is 91.5 cm³/mol. The molecule has 0 saturated heterocycles. The van der Waals surface area contributed by atoms with Gasteiger partial charge in [-0.1, -0.05) is 0 Å². The lowest BCUT2D eigenvalue weighted by Crippen LogP contribution is -2.43. The first-order valence-electron chi connectivity index (χ1n) is 8.63. The number of rotatable bonds is 6. The molecule has 1 fully saturated rings. The molecule has 0 bridgehead atoms. The fourth-order valence-corrected chi connectivity index (χ4v) is 2.88. The summed E-state index contributed by atoms with van der Waals surface area (Å²) in [5.74, 6) is 0.817. The highest BCUT2D eigenvalue weighted by Gasteiger charge is 2.37. The summed E-state index contributed by atoms with van der Waals surface area (Å²) in [6, 6.07) is 4.18. The molecule has 6 heteroatoms. The van der Waals surface area contributed by atoms with Gasteiger partial charge in [0.2, 0.25) is 0 Å². The van der Waals surface area contributed by atoms with Crippen molar-refractivity contribution in [2.45, 2.75) is 64.7 Å². The van der Waals surface area contributed by atoms with Crippen molar-refractivity contribution in [1.29, 1.82) is 0 Å². The molecule has 130 valence electrons. The van der Waals surface area contributed by atoms with E-state index in [1.165, 1.54) is 0 Å². The van der Waals surface area contributed by atoms with Crippen molar-refractivity contribution >= 4 is 6.03 Å². The van der Waals surface area contributed by atoms with Gasteiger partial charge < -0.3 is 14.6 Å². The molecular weight excluding hydrogens is 304 g/mol. The van der Waals surface area contributed by atoms with Crippen LogP contribution in [-0.2, 0) is 0 Å². The fourth-order valence-electron chi connectivity index (χ4n) is 2.88. The van der Waals surface area contributed by atoms with Gasteiger partial charge in [0.05, 0.1) is 24.5 Å². The quantitative estimate of drug-likeness (QED) is 0.869. The molecule has 2 aromatic heterocycles. The predicted octanol–water partition coefficient (Wildman–Crippen LogP) is 4.05. The first kappa shape index (κ1) is 16.6. The molecule has 2 aromatic rings. The Morgan fingerprint density at radius 1 is 1.38 bits per heavy atom. The van der Waals surface area contributed by atoms with E-state index < -0.39 is 0 Å². The molecule has 0 unspecified atom stereocenters. The third-order valence-corrected chi connectivity index (χ3v) is 4.54. The minimum Gasteiger partial charge on any atom is -0.467 e. The largest absolute Gasteiger partial charge is 0.467 e. The molecule has 2 atom stereocenters. The average molecular weight is 330 g/mol. The molecule has 24 heavy (non-hydrogen) atoms. The second-order valence-corrected chi connectivity index (χ2v) is 6.85. The Morgan fingerprint density at radius 2 is 2.12 bits per heavy atom. The number of hydrogen-bond acceptors (Lipinski definition) is 3. The van der Waals surface area contributed by atoms with Crippen LogP contribution >= 0.6 is 0 Å². The maximum atomic E-state index is 12.8. The van der Waals surface area contributed by atoms with Crippen molar-refractivity contribution in [2.24, 2.45) is 0 Å². The zero-order chi connectivity index (χ0) is 17.3. The lowest BCUT2D eigenvalue weighted by Gasteiger charge is -2.29. The first-order chi connectivity index (χ1) is 11.5. The first-order valence-corrected chi connectivity index (χ1v) is 8.63. The van der Waals surface area contributed by atoms with Gasteiger partial charge in [-0.3, -0.25) is 4.68 Å². The van der Waals surface area contributed by atoms with Gasteiger partial charge in [-0.15, -0.1) is 0 Å². The fraction of sp³-hybridized carbons (Fsp3) is 0.556. The minimum absolute atomic E-state index is 0.0498. The van der Waals surface area contributed by atoms with Crippen molar-refractivity contribution in [3.8, 4) is 0 Å². The number of aromatic nitrogens is 2. The van der Waals surface area contributed by atoms with Crippen molar-refractivity contribution < 1.29 is 9.21 Å². The summed E-state index contributed by atoms with van der Waals surface area (Å²) < 4.78 is 7.39. The Bertz CT molecular complexity index is 673. The van der Waals surface area contributed by atoms with E-state index in [-0.39, 0.29) is 18.1 Å². The second kappa shape index (κ2) is 6.71. The summed E-state index contributed by atoms with van der Waals surface area (Å²) in [6.07, 6.45) is 7.57. The van der Waals surface area contributed by atoms with E-state index in [0.717, 1.165) is 24.2 Å². The van der Waals surface area contributed by atoms with Crippen LogP contribution in [0.4, 0.5) is 4.79 Å². The van der Waals surface area contributed by atoms with Crippen LogP contribution in [0.25, 0.3) is 0 Å². The Kier molecular flexibility index (Phi) is 4.64. The number of nitrogens with one attached hydrogen (secondary N) is 1. The summed E-state index contributed by atoms with van der Waals surface area (Å²) in [5.41, 5.74) is 1.01. The summed E-state index contributed by atoms with van der Waals surface area (Å²) in [5, 5.41) is 7.45. The van der Waals surface area contributed by atoms with Gasteiger partial charge in [0, 0.05) is 23.8 Å². The maximum absolute atomic E-state index is 12.8. The van der Waals surface area contributed by atoms with Crippen LogP contribution in [0, 0.1) is 0 Å². The van der Waals surface area contributed by atoms with E-state index in [4.69, 9.17) is 4.42 Å². The Balaban J connectivity index is 1.69. The third-order valence-electron chi connectivity index (χ3n) is 4.54. The molecule has 1 aliphatic rings. The van der Waals surface area contributed by atoms with E-state index in [9.17, 15) is 4.79 Å². The lowest BCUT2D eigenvalue weighted by molar-refractivity contribution is 0.163. The number of furan rings is 1. The van der Waals surface area contributed by atoms with E-state index in [2.05, 4.69) is 24.3 Å². The molecule has 6 nitrogen and oxygen atoms in total. The van der Waals surface area contributed by atoms with Crippen LogP contribution in [0.3, 0.4) is 0 Å². The summed E-state index contributed by atoms with van der Waals surface area (Å²) in [4.78, 5) is 14.7. The Morgan fingerprint density at radius 3 is 2.67 bits per heavy atom. The second-order valence-electron chi connectivity index (χ2n) is 6.85. The average Bonchev–Trinajstić information content (AvgIpc) is 3.07. The minimum atomic E-state index is -0.0879. The number of nitrogens with zero attached hydrogens (tertiary/aromatic N) is 3. The SMILES string of the molecule is CC(C)n1cc([C@@H](C)NC(=O)N(C2CC2)[C@@H](C)c2ccco2)cn1. The van der Waals surface area contributed by atoms with Crippen molar-refractivity contribution in [3.05, 3.63) is 42.1 Å². The van der Waals surface area contributed by atoms with Gasteiger partial charge in [0.1, 0.15) is 5.76 Å². The molecule has 1 aliphatic carbocycles. The number of amides is 2. The molecule has 2 amide bonds. The van der Waals surface area contributed by atoms with Crippen molar-refractivity contribution in [3.63, 3.8) is 0 Å². The van der Waals surface area contributed by atoms with Gasteiger partial charge in [-0.2, -0.15) is 5.10 Å². The van der Waals surface area contributed by atoms with Gasteiger partial charge in [0.25, 0.3) is 0 Å². The van der Waals surface area contributed by atoms with E-state index in [1.807, 2.05) is 48.0 Å². The molecule has 1 N–H and O–H groups in total. The number of carbonyl (C=O) groups is 1. The molecular formula is C18H26N4O2. The zero-order valence-corrected chi connectivity index (χ0v) is 14.8. The number of carbonyl (C=O) groups excluding carboxylic acids is 1. The highest BCUT2D eigenvalue weighted by atomic mass is 16.3. The molecule has 0 spiro atoms. The highest BCUT2D eigenvalue weighted by molar-refractivity contribution is 5.76. The van der Waals surface area contributed by atoms with E-state index in [1.54, 1.807) is 6.26 Å². The lowest BCUT2D eigenvalue weighted by atomic mass is 10.2. The van der Waals surface area contributed by atoms with Crippen LogP contribution in [0.15, 0.2) is 35.2 Å². The highest BCUT2D eigenvalue weighted by Crippen LogP contribution is 2.34. The van der Waals surface area contributed by atoms with Gasteiger partial charge in [-0.05, 0) is 52.7 Å². The maximum Gasteiger partial charge on any atom is 0.318 e. The molecule has 1 saturated carbocycles. The monoisotopic (exact) mass is 330 g/mol. The zero-order valence-electron chi connectivity index (χ0n) is 14.8. The van der Waals surface area contributed by atoms with E-state index >= 15 is 0 Å². The van der Waals surface area contributed by atoms with Crippen LogP contribution in [0.2, 0.25) is 0 Å². The molecule has 0 aromatic carbocycles.